The topological polar surface area (TPSA) is 74.8 Å². The molecule has 0 spiro atoms. The van der Waals surface area contributed by atoms with E-state index in [1.54, 1.807) is 19.2 Å². The highest BCUT2D eigenvalue weighted by molar-refractivity contribution is 6.30. The third-order valence-corrected chi connectivity index (χ3v) is 3.40. The lowest BCUT2D eigenvalue weighted by atomic mass is 10.3. The van der Waals surface area contributed by atoms with E-state index in [0.29, 0.717) is 37.0 Å². The summed E-state index contributed by atoms with van der Waals surface area (Å²) in [6.45, 7) is 5.82. The van der Waals surface area contributed by atoms with Crippen LogP contribution in [0.15, 0.2) is 29.3 Å². The van der Waals surface area contributed by atoms with E-state index in [2.05, 4.69) is 20.9 Å². The number of amides is 1. The van der Waals surface area contributed by atoms with Gasteiger partial charge in [0.25, 0.3) is 0 Å². The Balaban J connectivity index is 2.25. The summed E-state index contributed by atoms with van der Waals surface area (Å²) in [7, 11) is 1.69. The van der Waals surface area contributed by atoms with Gasteiger partial charge in [0.15, 0.2) is 5.96 Å². The number of carbonyl (C=O) groups excluding carboxylic acids is 1. The summed E-state index contributed by atoms with van der Waals surface area (Å²) in [5, 5.41) is 9.80. The fourth-order valence-corrected chi connectivity index (χ4v) is 2.02. The molecule has 1 aromatic rings. The number of guanidine groups is 1. The quantitative estimate of drug-likeness (QED) is 0.469. The number of hydrogen-bond donors (Lipinski definition) is 3. The normalized spacial score (nSPS) is 12.4. The summed E-state index contributed by atoms with van der Waals surface area (Å²) >= 11 is 5.85. The number of hydrogen-bond acceptors (Lipinski definition) is 3. The molecule has 0 aliphatic heterocycles. The van der Waals surface area contributed by atoms with Crippen molar-refractivity contribution in [2.45, 2.75) is 32.8 Å². The molecule has 0 fully saturated rings. The van der Waals surface area contributed by atoms with E-state index in [1.165, 1.54) is 0 Å². The summed E-state index contributed by atoms with van der Waals surface area (Å²) in [4.78, 5) is 15.7. The lowest BCUT2D eigenvalue weighted by molar-refractivity contribution is -0.120. The average molecular weight is 355 g/mol. The van der Waals surface area contributed by atoms with E-state index in [9.17, 15) is 4.79 Å². The predicted molar refractivity (Wildman–Crippen MR) is 98.8 cm³/mol. The van der Waals surface area contributed by atoms with E-state index in [1.807, 2.05) is 26.0 Å². The molecule has 0 heterocycles. The standard InChI is InChI=1S/C17H27ClN4O2/c1-4-10-20-16(23)9-11-21-17(19-3)22-12-13(2)24-15-7-5-14(18)6-8-15/h5-8,13H,4,9-12H2,1-3H3,(H,20,23)(H2,19,21,22). The molecular formula is C17H27ClN4O2. The van der Waals surface area contributed by atoms with Crippen molar-refractivity contribution in [2.24, 2.45) is 4.99 Å². The van der Waals surface area contributed by atoms with E-state index in [-0.39, 0.29) is 12.0 Å². The summed E-state index contributed by atoms with van der Waals surface area (Å²) < 4.78 is 5.78. The fraction of sp³-hybridized carbons (Fsp3) is 0.529. The lowest BCUT2D eigenvalue weighted by Gasteiger charge is -2.17. The second-order valence-corrected chi connectivity index (χ2v) is 5.80. The predicted octanol–water partition coefficient (Wildman–Crippen LogP) is 2.19. The first-order valence-corrected chi connectivity index (χ1v) is 8.56. The Morgan fingerprint density at radius 1 is 1.21 bits per heavy atom. The third-order valence-electron chi connectivity index (χ3n) is 3.15. The summed E-state index contributed by atoms with van der Waals surface area (Å²) in [5.41, 5.74) is 0. The Morgan fingerprint density at radius 2 is 1.92 bits per heavy atom. The van der Waals surface area contributed by atoms with Gasteiger partial charge in [0.05, 0.1) is 6.54 Å². The van der Waals surface area contributed by atoms with Gasteiger partial charge in [0.1, 0.15) is 11.9 Å². The van der Waals surface area contributed by atoms with Gasteiger partial charge in [0.2, 0.25) is 5.91 Å². The minimum absolute atomic E-state index is 0.0410. The van der Waals surface area contributed by atoms with E-state index in [0.717, 1.165) is 12.2 Å². The molecule has 0 aliphatic rings. The van der Waals surface area contributed by atoms with Crippen molar-refractivity contribution in [1.82, 2.24) is 16.0 Å². The van der Waals surface area contributed by atoms with Gasteiger partial charge in [-0.1, -0.05) is 18.5 Å². The van der Waals surface area contributed by atoms with Crippen LogP contribution in [0.3, 0.4) is 0 Å². The molecule has 1 atom stereocenters. The van der Waals surface area contributed by atoms with Gasteiger partial charge in [-0.25, -0.2) is 0 Å². The zero-order chi connectivity index (χ0) is 17.8. The molecule has 1 rings (SSSR count). The molecule has 24 heavy (non-hydrogen) atoms. The Morgan fingerprint density at radius 3 is 2.54 bits per heavy atom. The van der Waals surface area contributed by atoms with Crippen LogP contribution in [0.25, 0.3) is 0 Å². The maximum Gasteiger partial charge on any atom is 0.221 e. The van der Waals surface area contributed by atoms with Crippen LogP contribution in [0.1, 0.15) is 26.7 Å². The van der Waals surface area contributed by atoms with Crippen LogP contribution in [0.4, 0.5) is 0 Å². The van der Waals surface area contributed by atoms with Crippen LogP contribution >= 0.6 is 11.6 Å². The number of rotatable bonds is 9. The van der Waals surface area contributed by atoms with Crippen molar-refractivity contribution >= 4 is 23.5 Å². The first-order chi connectivity index (χ1) is 11.5. The van der Waals surface area contributed by atoms with E-state index < -0.39 is 0 Å². The zero-order valence-electron chi connectivity index (χ0n) is 14.6. The minimum atomic E-state index is -0.0439. The van der Waals surface area contributed by atoms with Gasteiger partial charge in [0, 0.05) is 31.6 Å². The second-order valence-electron chi connectivity index (χ2n) is 5.36. The van der Waals surface area contributed by atoms with Crippen molar-refractivity contribution in [3.63, 3.8) is 0 Å². The van der Waals surface area contributed by atoms with Gasteiger partial charge in [-0.2, -0.15) is 0 Å². The molecule has 0 aromatic heterocycles. The van der Waals surface area contributed by atoms with E-state index >= 15 is 0 Å². The van der Waals surface area contributed by atoms with Gasteiger partial charge in [-0.15, -0.1) is 0 Å². The maximum atomic E-state index is 11.5. The second kappa shape index (κ2) is 11.6. The summed E-state index contributed by atoms with van der Waals surface area (Å²) in [6.07, 6.45) is 1.31. The molecule has 0 bridgehead atoms. The Labute approximate surface area is 149 Å². The summed E-state index contributed by atoms with van der Waals surface area (Å²) in [5.74, 6) is 1.45. The van der Waals surface area contributed by atoms with Crippen molar-refractivity contribution in [3.05, 3.63) is 29.3 Å². The maximum absolute atomic E-state index is 11.5. The van der Waals surface area contributed by atoms with Crippen LogP contribution in [-0.2, 0) is 4.79 Å². The molecule has 0 saturated carbocycles. The smallest absolute Gasteiger partial charge is 0.221 e. The van der Waals surface area contributed by atoms with Crippen LogP contribution in [0.5, 0.6) is 5.75 Å². The number of halogens is 1. The zero-order valence-corrected chi connectivity index (χ0v) is 15.3. The molecule has 0 radical (unpaired) electrons. The largest absolute Gasteiger partial charge is 0.489 e. The number of benzene rings is 1. The van der Waals surface area contributed by atoms with Crippen LogP contribution < -0.4 is 20.7 Å². The molecule has 3 N–H and O–H groups in total. The highest BCUT2D eigenvalue weighted by Gasteiger charge is 2.06. The Bertz CT molecular complexity index is 520. The summed E-state index contributed by atoms with van der Waals surface area (Å²) in [6, 6.07) is 7.25. The molecule has 0 saturated heterocycles. The average Bonchev–Trinajstić information content (AvgIpc) is 2.58. The van der Waals surface area contributed by atoms with Crippen molar-refractivity contribution < 1.29 is 9.53 Å². The SMILES string of the molecule is CCCNC(=O)CCNC(=NC)NCC(C)Oc1ccc(Cl)cc1. The molecule has 1 unspecified atom stereocenters. The monoisotopic (exact) mass is 354 g/mol. The molecular weight excluding hydrogens is 328 g/mol. The Hall–Kier alpha value is -1.95. The highest BCUT2D eigenvalue weighted by atomic mass is 35.5. The van der Waals surface area contributed by atoms with Crippen molar-refractivity contribution in [1.29, 1.82) is 0 Å². The molecule has 6 nitrogen and oxygen atoms in total. The highest BCUT2D eigenvalue weighted by Crippen LogP contribution is 2.16. The molecule has 134 valence electrons. The van der Waals surface area contributed by atoms with Gasteiger partial charge < -0.3 is 20.7 Å². The first-order valence-electron chi connectivity index (χ1n) is 8.18. The van der Waals surface area contributed by atoms with Gasteiger partial charge in [-0.05, 0) is 37.6 Å². The molecule has 0 aliphatic carbocycles. The van der Waals surface area contributed by atoms with E-state index in [4.69, 9.17) is 16.3 Å². The third kappa shape index (κ3) is 8.62. The molecule has 1 aromatic carbocycles. The number of carbonyl (C=O) groups is 1. The number of aliphatic imine (C=N–C) groups is 1. The van der Waals surface area contributed by atoms with Crippen molar-refractivity contribution in [2.75, 3.05) is 26.7 Å². The first kappa shape index (κ1) is 20.1. The van der Waals surface area contributed by atoms with Gasteiger partial charge >= 0.3 is 0 Å². The number of nitrogens with zero attached hydrogens (tertiary/aromatic N) is 1. The van der Waals surface area contributed by atoms with Crippen LogP contribution in [0, 0.1) is 0 Å². The van der Waals surface area contributed by atoms with Crippen molar-refractivity contribution in [3.8, 4) is 5.75 Å². The number of nitrogens with one attached hydrogen (secondary N) is 3. The number of ether oxygens (including phenoxy) is 1. The fourth-order valence-electron chi connectivity index (χ4n) is 1.90. The lowest BCUT2D eigenvalue weighted by Crippen LogP contribution is -2.43. The molecule has 7 heteroatoms. The van der Waals surface area contributed by atoms with Crippen LogP contribution in [0.2, 0.25) is 5.02 Å². The Kier molecular flexibility index (Phi) is 9.68. The minimum Gasteiger partial charge on any atom is -0.489 e. The molecule has 1 amide bonds. The van der Waals surface area contributed by atoms with Crippen LogP contribution in [-0.4, -0.2) is 44.7 Å². The van der Waals surface area contributed by atoms with Gasteiger partial charge in [-0.3, -0.25) is 9.79 Å².